The first-order valence-electron chi connectivity index (χ1n) is 9.74. The Morgan fingerprint density at radius 1 is 1.10 bits per heavy atom. The van der Waals surface area contributed by atoms with E-state index in [1.165, 1.54) is 13.2 Å². The first kappa shape index (κ1) is 25.7. The smallest absolute Gasteiger partial charge is 0.474 e. The third-order valence-electron chi connectivity index (χ3n) is 3.75. The third kappa shape index (κ3) is 8.94. The van der Waals surface area contributed by atoms with Crippen LogP contribution in [-0.2, 0) is 23.7 Å². The third-order valence-corrected chi connectivity index (χ3v) is 3.75. The minimum atomic E-state index is -0.901. The minimum absolute atomic E-state index is 0.00155. The normalized spacial score (nSPS) is 11.9. The number of nitrogens with one attached hydrogen (secondary N) is 1. The van der Waals surface area contributed by atoms with E-state index in [-0.39, 0.29) is 25.1 Å². The molecule has 170 valence electrons. The molecule has 0 aliphatic heterocycles. The first-order chi connectivity index (χ1) is 14.4. The molecular weight excluding hydrogens is 400 g/mol. The van der Waals surface area contributed by atoms with E-state index >= 15 is 0 Å². The Labute approximate surface area is 183 Å². The Morgan fingerprint density at radius 2 is 1.74 bits per heavy atom. The van der Waals surface area contributed by atoms with Gasteiger partial charge in [-0.05, 0) is 58.9 Å². The number of carbonyl (C=O) groups is 2. The van der Waals surface area contributed by atoms with Gasteiger partial charge in [0.2, 0.25) is 5.90 Å². The quantitative estimate of drug-likeness (QED) is 0.257. The van der Waals surface area contributed by atoms with Gasteiger partial charge >= 0.3 is 12.1 Å². The van der Waals surface area contributed by atoms with E-state index in [9.17, 15) is 9.59 Å². The van der Waals surface area contributed by atoms with Crippen molar-refractivity contribution in [3.8, 4) is 0 Å². The molecule has 0 spiro atoms. The van der Waals surface area contributed by atoms with Crippen molar-refractivity contribution in [1.29, 1.82) is 0 Å². The van der Waals surface area contributed by atoms with Crippen molar-refractivity contribution >= 4 is 35.5 Å². The average Bonchev–Trinajstić information content (AvgIpc) is 2.68. The van der Waals surface area contributed by atoms with Crippen LogP contribution in [0.2, 0.25) is 0 Å². The molecule has 0 amide bonds. The van der Waals surface area contributed by atoms with Gasteiger partial charge in [0.1, 0.15) is 24.4 Å². The fourth-order valence-corrected chi connectivity index (χ4v) is 2.37. The number of anilines is 1. The van der Waals surface area contributed by atoms with E-state index < -0.39 is 17.3 Å². The molecule has 8 heteroatoms. The molecule has 1 aromatic carbocycles. The second-order valence-electron chi connectivity index (χ2n) is 8.03. The molecule has 0 aromatic heterocycles. The summed E-state index contributed by atoms with van der Waals surface area (Å²) >= 11 is 0. The van der Waals surface area contributed by atoms with Crippen LogP contribution in [0.4, 0.5) is 16.2 Å². The summed E-state index contributed by atoms with van der Waals surface area (Å²) in [6.07, 6.45) is 2.33. The predicted octanol–water partition coefficient (Wildman–Crippen LogP) is 4.88. The lowest BCUT2D eigenvalue weighted by Crippen LogP contribution is -2.41. The van der Waals surface area contributed by atoms with Gasteiger partial charge in [-0.3, -0.25) is 0 Å². The highest BCUT2D eigenvalue weighted by molar-refractivity contribution is 5.90. The van der Waals surface area contributed by atoms with E-state index in [0.29, 0.717) is 11.4 Å². The molecule has 0 radical (unpaired) electrons. The van der Waals surface area contributed by atoms with Crippen LogP contribution >= 0.6 is 0 Å². The van der Waals surface area contributed by atoms with Crippen molar-refractivity contribution in [3.63, 3.8) is 0 Å². The standard InChI is InChI=1S/C23H32N2O6/c1-9-16-15-17(25-23(6,7)20(26)28-8)11-12-18(16)24-19(10-2)29-13-14-30-21(27)31-22(3,4)5/h9-12,15,25H,1-2,13-14H2,3-8H3/b24-19+. The summed E-state index contributed by atoms with van der Waals surface area (Å²) in [5, 5.41) is 3.12. The molecule has 0 heterocycles. The number of nitrogens with zero attached hydrogens (tertiary/aromatic N) is 1. The largest absolute Gasteiger partial charge is 0.508 e. The summed E-state index contributed by atoms with van der Waals surface area (Å²) in [4.78, 5) is 27.9. The molecule has 0 saturated heterocycles. The summed E-state index contributed by atoms with van der Waals surface area (Å²) in [6.45, 7) is 16.3. The second kappa shape index (κ2) is 11.2. The number of hydrogen-bond donors (Lipinski definition) is 1. The summed E-state index contributed by atoms with van der Waals surface area (Å²) < 4.78 is 20.3. The number of rotatable bonds is 9. The molecule has 1 aromatic rings. The number of methoxy groups -OCH3 is 1. The van der Waals surface area contributed by atoms with Crippen LogP contribution in [0.5, 0.6) is 0 Å². The van der Waals surface area contributed by atoms with Crippen LogP contribution in [0.1, 0.15) is 40.2 Å². The van der Waals surface area contributed by atoms with Gasteiger partial charge in [0.15, 0.2) is 0 Å². The summed E-state index contributed by atoms with van der Waals surface area (Å²) in [5.74, 6) is -0.128. The highest BCUT2D eigenvalue weighted by Gasteiger charge is 2.28. The summed E-state index contributed by atoms with van der Waals surface area (Å²) in [6, 6.07) is 5.35. The van der Waals surface area contributed by atoms with E-state index in [1.807, 2.05) is 6.07 Å². The van der Waals surface area contributed by atoms with E-state index in [2.05, 4.69) is 23.5 Å². The van der Waals surface area contributed by atoms with Crippen molar-refractivity contribution in [2.75, 3.05) is 25.6 Å². The Morgan fingerprint density at radius 3 is 2.29 bits per heavy atom. The Hall–Kier alpha value is -3.29. The molecule has 0 aliphatic carbocycles. The summed E-state index contributed by atoms with van der Waals surface area (Å²) in [5.41, 5.74) is 0.496. The van der Waals surface area contributed by atoms with Crippen LogP contribution in [-0.4, -0.2) is 49.5 Å². The average molecular weight is 433 g/mol. The van der Waals surface area contributed by atoms with Gasteiger partial charge < -0.3 is 24.3 Å². The lowest BCUT2D eigenvalue weighted by Gasteiger charge is -2.24. The van der Waals surface area contributed by atoms with Crippen molar-refractivity contribution in [2.24, 2.45) is 4.99 Å². The molecule has 8 nitrogen and oxygen atoms in total. The maximum absolute atomic E-state index is 11.9. The molecular formula is C23H32N2O6. The number of ether oxygens (including phenoxy) is 4. The number of benzene rings is 1. The molecule has 1 rings (SSSR count). The highest BCUT2D eigenvalue weighted by atomic mass is 16.7. The molecule has 0 saturated carbocycles. The highest BCUT2D eigenvalue weighted by Crippen LogP contribution is 2.27. The lowest BCUT2D eigenvalue weighted by atomic mass is 10.0. The van der Waals surface area contributed by atoms with Crippen LogP contribution in [0, 0.1) is 0 Å². The second-order valence-corrected chi connectivity index (χ2v) is 8.03. The number of aliphatic imine (C=N–C) groups is 1. The van der Waals surface area contributed by atoms with E-state index in [1.54, 1.807) is 52.8 Å². The van der Waals surface area contributed by atoms with Crippen LogP contribution in [0.15, 0.2) is 42.4 Å². The fourth-order valence-electron chi connectivity index (χ4n) is 2.37. The zero-order chi connectivity index (χ0) is 23.7. The van der Waals surface area contributed by atoms with Crippen molar-refractivity contribution < 1.29 is 28.5 Å². The monoisotopic (exact) mass is 432 g/mol. The molecule has 1 N–H and O–H groups in total. The SMILES string of the molecule is C=C/C(=N\c1ccc(NC(C)(C)C(=O)OC)cc1C=C)OCCOC(=O)OC(C)(C)C. The zero-order valence-electron chi connectivity index (χ0n) is 19.1. The van der Waals surface area contributed by atoms with Gasteiger partial charge in [0.05, 0.1) is 12.8 Å². The van der Waals surface area contributed by atoms with Crippen LogP contribution < -0.4 is 5.32 Å². The lowest BCUT2D eigenvalue weighted by molar-refractivity contribution is -0.144. The summed E-state index contributed by atoms with van der Waals surface area (Å²) in [7, 11) is 1.34. The zero-order valence-corrected chi connectivity index (χ0v) is 19.1. The fraction of sp³-hybridized carbons (Fsp3) is 0.435. The number of esters is 1. The molecule has 0 aliphatic rings. The molecule has 0 bridgehead atoms. The van der Waals surface area contributed by atoms with Crippen molar-refractivity contribution in [3.05, 3.63) is 43.0 Å². The molecule has 31 heavy (non-hydrogen) atoms. The Bertz CT molecular complexity index is 837. The predicted molar refractivity (Wildman–Crippen MR) is 122 cm³/mol. The van der Waals surface area contributed by atoms with Gasteiger partial charge in [-0.15, -0.1) is 0 Å². The number of carbonyl (C=O) groups excluding carboxylic acids is 2. The van der Waals surface area contributed by atoms with Crippen molar-refractivity contribution in [1.82, 2.24) is 0 Å². The van der Waals surface area contributed by atoms with E-state index in [0.717, 1.165) is 5.56 Å². The molecule has 0 atom stereocenters. The van der Waals surface area contributed by atoms with Gasteiger partial charge in [-0.2, -0.15) is 0 Å². The molecule has 0 unspecified atom stereocenters. The van der Waals surface area contributed by atoms with Crippen molar-refractivity contribution in [2.45, 2.75) is 45.8 Å². The molecule has 0 fully saturated rings. The maximum Gasteiger partial charge on any atom is 0.508 e. The Kier molecular flexibility index (Phi) is 9.30. The first-order valence-corrected chi connectivity index (χ1v) is 9.74. The van der Waals surface area contributed by atoms with Gasteiger partial charge in [-0.1, -0.05) is 19.2 Å². The maximum atomic E-state index is 11.9. The van der Waals surface area contributed by atoms with E-state index in [4.69, 9.17) is 18.9 Å². The topological polar surface area (TPSA) is 95.5 Å². The van der Waals surface area contributed by atoms with Gasteiger partial charge in [0, 0.05) is 11.3 Å². The van der Waals surface area contributed by atoms with Gasteiger partial charge in [-0.25, -0.2) is 14.6 Å². The Balaban J connectivity index is 2.81. The van der Waals surface area contributed by atoms with Crippen LogP contribution in [0.3, 0.4) is 0 Å². The van der Waals surface area contributed by atoms with Gasteiger partial charge in [0.25, 0.3) is 0 Å². The van der Waals surface area contributed by atoms with Crippen LogP contribution in [0.25, 0.3) is 6.08 Å². The number of hydrogen-bond acceptors (Lipinski definition) is 8. The minimum Gasteiger partial charge on any atom is -0.474 e.